The lowest BCUT2D eigenvalue weighted by molar-refractivity contribution is 0.274. The molecule has 13 heavy (non-hydrogen) atoms. The molecule has 0 spiro atoms. The molecule has 2 atom stereocenters. The molecule has 0 amide bonds. The Balaban J connectivity index is 2.36. The molecule has 1 N–H and O–H groups in total. The lowest BCUT2D eigenvalue weighted by Crippen LogP contribution is -2.39. The molecule has 0 bridgehead atoms. The zero-order chi connectivity index (χ0) is 9.84. The summed E-state index contributed by atoms with van der Waals surface area (Å²) in [5, 5.41) is 3.71. The third-order valence-corrected chi connectivity index (χ3v) is 3.38. The van der Waals surface area contributed by atoms with Crippen molar-refractivity contribution in [3.05, 3.63) is 0 Å². The summed E-state index contributed by atoms with van der Waals surface area (Å²) in [6.45, 7) is 10.5. The molecule has 1 nitrogen and oxygen atoms in total. The monoisotopic (exact) mass is 183 g/mol. The van der Waals surface area contributed by atoms with Gasteiger partial charge in [-0.05, 0) is 43.6 Å². The Hall–Kier alpha value is -0.0400. The molecule has 0 aliphatic heterocycles. The smallest absolute Gasteiger partial charge is 0.0123 e. The van der Waals surface area contributed by atoms with Gasteiger partial charge in [0, 0.05) is 6.04 Å². The molecule has 1 aliphatic carbocycles. The topological polar surface area (TPSA) is 12.0 Å². The van der Waals surface area contributed by atoms with Crippen LogP contribution in [0.1, 0.15) is 47.0 Å². The molecule has 1 rings (SSSR count). The van der Waals surface area contributed by atoms with Crippen molar-refractivity contribution in [2.24, 2.45) is 17.8 Å². The molecule has 1 saturated carbocycles. The largest absolute Gasteiger partial charge is 0.313 e. The molecular weight excluding hydrogens is 158 g/mol. The number of hydrogen-bond donors (Lipinski definition) is 1. The zero-order valence-corrected chi connectivity index (χ0v) is 9.64. The molecule has 1 fully saturated rings. The second-order valence-corrected chi connectivity index (χ2v) is 4.92. The van der Waals surface area contributed by atoms with Gasteiger partial charge in [0.2, 0.25) is 0 Å². The molecule has 0 saturated heterocycles. The van der Waals surface area contributed by atoms with E-state index in [1.807, 2.05) is 0 Å². The van der Waals surface area contributed by atoms with Gasteiger partial charge in [-0.1, -0.05) is 27.7 Å². The summed E-state index contributed by atoms with van der Waals surface area (Å²) in [6.07, 6.45) is 4.17. The van der Waals surface area contributed by atoms with Crippen LogP contribution in [0.3, 0.4) is 0 Å². The maximum absolute atomic E-state index is 3.71. The highest BCUT2D eigenvalue weighted by Gasteiger charge is 2.34. The highest BCUT2D eigenvalue weighted by atomic mass is 14.9. The second kappa shape index (κ2) is 4.99. The highest BCUT2D eigenvalue weighted by molar-refractivity contribution is 4.90. The van der Waals surface area contributed by atoms with Crippen LogP contribution in [0.15, 0.2) is 0 Å². The van der Waals surface area contributed by atoms with Crippen molar-refractivity contribution in [2.45, 2.75) is 53.0 Å². The fourth-order valence-electron chi connectivity index (χ4n) is 1.96. The summed E-state index contributed by atoms with van der Waals surface area (Å²) in [7, 11) is 0. The van der Waals surface area contributed by atoms with E-state index in [0.717, 1.165) is 23.8 Å². The molecular formula is C12H25N. The van der Waals surface area contributed by atoms with Crippen molar-refractivity contribution in [1.29, 1.82) is 0 Å². The average Bonchev–Trinajstić information content (AvgIpc) is 2.88. The molecule has 0 aromatic heterocycles. The summed E-state index contributed by atoms with van der Waals surface area (Å²) in [6, 6.07) is 0.792. The quantitative estimate of drug-likeness (QED) is 0.667. The van der Waals surface area contributed by atoms with Crippen molar-refractivity contribution >= 4 is 0 Å². The zero-order valence-electron chi connectivity index (χ0n) is 9.64. The Morgan fingerprint density at radius 3 is 2.23 bits per heavy atom. The first kappa shape index (κ1) is 11.0. The Kier molecular flexibility index (Phi) is 4.24. The van der Waals surface area contributed by atoms with Gasteiger partial charge in [-0.25, -0.2) is 0 Å². The Bertz CT molecular complexity index is 138. The second-order valence-electron chi connectivity index (χ2n) is 4.92. The first-order valence-corrected chi connectivity index (χ1v) is 5.90. The summed E-state index contributed by atoms with van der Waals surface area (Å²) >= 11 is 0. The van der Waals surface area contributed by atoms with Gasteiger partial charge in [0.15, 0.2) is 0 Å². The summed E-state index contributed by atoms with van der Waals surface area (Å²) in [4.78, 5) is 0. The summed E-state index contributed by atoms with van der Waals surface area (Å²) < 4.78 is 0. The predicted octanol–water partition coefficient (Wildman–Crippen LogP) is 3.06. The van der Waals surface area contributed by atoms with Gasteiger partial charge in [0.25, 0.3) is 0 Å². The van der Waals surface area contributed by atoms with Gasteiger partial charge < -0.3 is 5.32 Å². The Labute approximate surface area is 83.3 Å². The standard InChI is InChI=1S/C12H25N/c1-5-8-13-12(11-6-7-11)10(4)9(2)3/h9-13H,5-8H2,1-4H3. The maximum atomic E-state index is 3.71. The molecule has 0 aromatic carbocycles. The van der Waals surface area contributed by atoms with Crippen LogP contribution >= 0.6 is 0 Å². The minimum atomic E-state index is 0.792. The number of hydrogen-bond acceptors (Lipinski definition) is 1. The molecule has 0 radical (unpaired) electrons. The van der Waals surface area contributed by atoms with Gasteiger partial charge >= 0.3 is 0 Å². The molecule has 0 aromatic rings. The molecule has 1 aliphatic rings. The summed E-state index contributed by atoms with van der Waals surface area (Å²) in [5.41, 5.74) is 0. The van der Waals surface area contributed by atoms with Gasteiger partial charge in [0.05, 0.1) is 0 Å². The average molecular weight is 183 g/mol. The van der Waals surface area contributed by atoms with E-state index >= 15 is 0 Å². The fourth-order valence-corrected chi connectivity index (χ4v) is 1.96. The Morgan fingerprint density at radius 2 is 1.85 bits per heavy atom. The molecule has 0 heterocycles. The van der Waals surface area contributed by atoms with Crippen LogP contribution in [0.2, 0.25) is 0 Å². The van der Waals surface area contributed by atoms with Gasteiger partial charge in [0.1, 0.15) is 0 Å². The van der Waals surface area contributed by atoms with Crippen LogP contribution in [0, 0.1) is 17.8 Å². The van der Waals surface area contributed by atoms with Crippen molar-refractivity contribution in [1.82, 2.24) is 5.32 Å². The van der Waals surface area contributed by atoms with Crippen LogP contribution in [0.4, 0.5) is 0 Å². The van der Waals surface area contributed by atoms with E-state index in [1.165, 1.54) is 25.8 Å². The van der Waals surface area contributed by atoms with Crippen LogP contribution in [-0.2, 0) is 0 Å². The number of rotatable bonds is 6. The lowest BCUT2D eigenvalue weighted by atomic mass is 9.87. The number of nitrogens with one attached hydrogen (secondary N) is 1. The van der Waals surface area contributed by atoms with Gasteiger partial charge in [-0.3, -0.25) is 0 Å². The molecule has 2 unspecified atom stereocenters. The molecule has 1 heteroatoms. The normalized spacial score (nSPS) is 21.9. The minimum absolute atomic E-state index is 0.792. The fraction of sp³-hybridized carbons (Fsp3) is 1.00. The van der Waals surface area contributed by atoms with Crippen molar-refractivity contribution in [3.8, 4) is 0 Å². The van der Waals surface area contributed by atoms with E-state index < -0.39 is 0 Å². The van der Waals surface area contributed by atoms with Crippen LogP contribution < -0.4 is 5.32 Å². The van der Waals surface area contributed by atoms with E-state index in [0.29, 0.717) is 0 Å². The lowest BCUT2D eigenvalue weighted by Gasteiger charge is -2.28. The van der Waals surface area contributed by atoms with E-state index in [2.05, 4.69) is 33.0 Å². The highest BCUT2D eigenvalue weighted by Crippen LogP contribution is 2.37. The van der Waals surface area contributed by atoms with Crippen LogP contribution in [-0.4, -0.2) is 12.6 Å². The van der Waals surface area contributed by atoms with Crippen molar-refractivity contribution < 1.29 is 0 Å². The van der Waals surface area contributed by atoms with Crippen LogP contribution in [0.5, 0.6) is 0 Å². The third-order valence-electron chi connectivity index (χ3n) is 3.38. The van der Waals surface area contributed by atoms with E-state index in [4.69, 9.17) is 0 Å². The van der Waals surface area contributed by atoms with Crippen molar-refractivity contribution in [3.63, 3.8) is 0 Å². The van der Waals surface area contributed by atoms with E-state index in [1.54, 1.807) is 0 Å². The third kappa shape index (κ3) is 3.30. The van der Waals surface area contributed by atoms with E-state index in [-0.39, 0.29) is 0 Å². The minimum Gasteiger partial charge on any atom is -0.313 e. The van der Waals surface area contributed by atoms with Crippen LogP contribution in [0.25, 0.3) is 0 Å². The Morgan fingerprint density at radius 1 is 1.23 bits per heavy atom. The maximum Gasteiger partial charge on any atom is 0.0123 e. The predicted molar refractivity (Wildman–Crippen MR) is 58.8 cm³/mol. The summed E-state index contributed by atoms with van der Waals surface area (Å²) in [5.74, 6) is 2.64. The first-order chi connectivity index (χ1) is 6.16. The van der Waals surface area contributed by atoms with Crippen molar-refractivity contribution in [2.75, 3.05) is 6.54 Å². The SMILES string of the molecule is CCCNC(C1CC1)C(C)C(C)C. The van der Waals surface area contributed by atoms with Gasteiger partial charge in [-0.15, -0.1) is 0 Å². The van der Waals surface area contributed by atoms with Gasteiger partial charge in [-0.2, -0.15) is 0 Å². The molecule has 78 valence electrons. The first-order valence-electron chi connectivity index (χ1n) is 5.90. The van der Waals surface area contributed by atoms with E-state index in [9.17, 15) is 0 Å².